The highest BCUT2D eigenvalue weighted by atomic mass is 16.5. The lowest BCUT2D eigenvalue weighted by Gasteiger charge is -2.02. The van der Waals surface area contributed by atoms with Crippen LogP contribution in [-0.4, -0.2) is 13.1 Å². The van der Waals surface area contributed by atoms with Gasteiger partial charge in [-0.25, -0.2) is 4.79 Å². The number of carbonyl (C=O) groups excluding carboxylic acids is 1. The predicted octanol–water partition coefficient (Wildman–Crippen LogP) is 2.93. The summed E-state index contributed by atoms with van der Waals surface area (Å²) in [6.07, 6.45) is 5.28. The number of methoxy groups -OCH3 is 1. The smallest absolute Gasteiger partial charge is 0.333 e. The second kappa shape index (κ2) is 6.70. The number of hydrogen-bond donors (Lipinski definition) is 0. The van der Waals surface area contributed by atoms with Crippen molar-refractivity contribution in [3.63, 3.8) is 0 Å². The molecular formula is C11H20O2. The highest BCUT2D eigenvalue weighted by Gasteiger charge is 2.01. The molecule has 0 aromatic heterocycles. The molecule has 0 fully saturated rings. The zero-order chi connectivity index (χ0) is 10.3. The third-order valence-electron chi connectivity index (χ3n) is 1.94. The Balaban J connectivity index is 3.65. The Morgan fingerprint density at radius 3 is 2.54 bits per heavy atom. The normalized spacial score (nSPS) is 11.9. The molecule has 0 spiro atoms. The van der Waals surface area contributed by atoms with Crippen molar-refractivity contribution in [1.82, 2.24) is 0 Å². The summed E-state index contributed by atoms with van der Waals surface area (Å²) in [5.41, 5.74) is 0.714. The first kappa shape index (κ1) is 12.2. The van der Waals surface area contributed by atoms with Gasteiger partial charge in [0, 0.05) is 5.57 Å². The molecule has 0 saturated heterocycles. The van der Waals surface area contributed by atoms with E-state index in [1.807, 2.05) is 6.08 Å². The van der Waals surface area contributed by atoms with Gasteiger partial charge in [-0.05, 0) is 25.7 Å². The Bertz CT molecular complexity index is 181. The summed E-state index contributed by atoms with van der Waals surface area (Å²) in [7, 11) is 1.41. The molecule has 2 heteroatoms. The van der Waals surface area contributed by atoms with Crippen molar-refractivity contribution in [2.45, 2.75) is 40.0 Å². The van der Waals surface area contributed by atoms with Crippen LogP contribution in [0.3, 0.4) is 0 Å². The minimum absolute atomic E-state index is 0.218. The molecule has 13 heavy (non-hydrogen) atoms. The van der Waals surface area contributed by atoms with Crippen LogP contribution in [0.15, 0.2) is 11.6 Å². The van der Waals surface area contributed by atoms with Crippen LogP contribution in [0.5, 0.6) is 0 Å². The zero-order valence-corrected chi connectivity index (χ0v) is 9.09. The van der Waals surface area contributed by atoms with Crippen LogP contribution in [0.25, 0.3) is 0 Å². The second-order valence-electron chi connectivity index (χ2n) is 3.70. The van der Waals surface area contributed by atoms with E-state index in [9.17, 15) is 4.79 Å². The summed E-state index contributed by atoms with van der Waals surface area (Å²) in [6.45, 7) is 6.20. The molecule has 0 aliphatic rings. The molecule has 0 rings (SSSR count). The van der Waals surface area contributed by atoms with Gasteiger partial charge in [-0.15, -0.1) is 0 Å². The molecular weight excluding hydrogens is 164 g/mol. The minimum Gasteiger partial charge on any atom is -0.466 e. The van der Waals surface area contributed by atoms with E-state index < -0.39 is 0 Å². The fraction of sp³-hybridized carbons (Fsp3) is 0.727. The van der Waals surface area contributed by atoms with Crippen molar-refractivity contribution >= 4 is 5.97 Å². The van der Waals surface area contributed by atoms with Crippen molar-refractivity contribution < 1.29 is 9.53 Å². The molecule has 76 valence electrons. The van der Waals surface area contributed by atoms with E-state index in [1.165, 1.54) is 13.5 Å². The van der Waals surface area contributed by atoms with Gasteiger partial charge in [0.15, 0.2) is 0 Å². The van der Waals surface area contributed by atoms with Gasteiger partial charge in [-0.1, -0.05) is 26.3 Å². The maximum atomic E-state index is 10.9. The van der Waals surface area contributed by atoms with Crippen LogP contribution in [0, 0.1) is 5.92 Å². The molecule has 0 bridgehead atoms. The summed E-state index contributed by atoms with van der Waals surface area (Å²) in [5.74, 6) is 0.524. The van der Waals surface area contributed by atoms with E-state index in [4.69, 9.17) is 0 Å². The number of carbonyl (C=O) groups is 1. The van der Waals surface area contributed by atoms with E-state index in [1.54, 1.807) is 6.92 Å². The molecule has 0 N–H and O–H groups in total. The first-order chi connectivity index (χ1) is 6.07. The lowest BCUT2D eigenvalue weighted by molar-refractivity contribution is -0.136. The Morgan fingerprint density at radius 2 is 2.08 bits per heavy atom. The van der Waals surface area contributed by atoms with E-state index >= 15 is 0 Å². The standard InChI is InChI=1S/C11H20O2/c1-9(2)7-5-6-8-10(3)11(12)13-4/h8-9H,5-7H2,1-4H3. The SMILES string of the molecule is COC(=O)C(C)=CCCCC(C)C. The third-order valence-corrected chi connectivity index (χ3v) is 1.94. The van der Waals surface area contributed by atoms with Gasteiger partial charge < -0.3 is 4.74 Å². The predicted molar refractivity (Wildman–Crippen MR) is 54.5 cm³/mol. The van der Waals surface area contributed by atoms with Gasteiger partial charge in [-0.2, -0.15) is 0 Å². The lowest BCUT2D eigenvalue weighted by atomic mass is 10.1. The molecule has 0 saturated carbocycles. The lowest BCUT2D eigenvalue weighted by Crippen LogP contribution is -2.01. The maximum absolute atomic E-state index is 10.9. The van der Waals surface area contributed by atoms with Gasteiger partial charge in [0.05, 0.1) is 7.11 Å². The molecule has 0 aliphatic carbocycles. The fourth-order valence-corrected chi connectivity index (χ4v) is 1.09. The first-order valence-corrected chi connectivity index (χ1v) is 4.83. The second-order valence-corrected chi connectivity index (χ2v) is 3.70. The molecule has 0 aromatic carbocycles. The summed E-state index contributed by atoms with van der Waals surface area (Å²) >= 11 is 0. The Kier molecular flexibility index (Phi) is 6.29. The van der Waals surface area contributed by atoms with Crippen molar-refractivity contribution in [1.29, 1.82) is 0 Å². The van der Waals surface area contributed by atoms with Crippen molar-refractivity contribution in [2.75, 3.05) is 7.11 Å². The molecule has 2 nitrogen and oxygen atoms in total. The monoisotopic (exact) mass is 184 g/mol. The van der Waals surface area contributed by atoms with Gasteiger partial charge in [0.1, 0.15) is 0 Å². The maximum Gasteiger partial charge on any atom is 0.333 e. The quantitative estimate of drug-likeness (QED) is 0.373. The van der Waals surface area contributed by atoms with Crippen molar-refractivity contribution in [3.8, 4) is 0 Å². The van der Waals surface area contributed by atoms with E-state index in [0.29, 0.717) is 5.57 Å². The van der Waals surface area contributed by atoms with Crippen LogP contribution in [0.2, 0.25) is 0 Å². The Hall–Kier alpha value is -0.790. The van der Waals surface area contributed by atoms with Crippen molar-refractivity contribution in [3.05, 3.63) is 11.6 Å². The third kappa shape index (κ3) is 6.38. The molecule has 0 heterocycles. The average Bonchev–Trinajstić information content (AvgIpc) is 2.10. The van der Waals surface area contributed by atoms with E-state index in [2.05, 4.69) is 18.6 Å². The molecule has 0 aromatic rings. The average molecular weight is 184 g/mol. The molecule has 0 atom stereocenters. The van der Waals surface area contributed by atoms with Gasteiger partial charge in [0.25, 0.3) is 0 Å². The Labute approximate surface area is 81.0 Å². The number of esters is 1. The summed E-state index contributed by atoms with van der Waals surface area (Å²) in [5, 5.41) is 0. The summed E-state index contributed by atoms with van der Waals surface area (Å²) in [4.78, 5) is 10.9. The number of rotatable bonds is 5. The first-order valence-electron chi connectivity index (χ1n) is 4.83. The van der Waals surface area contributed by atoms with Crippen LogP contribution in [0.4, 0.5) is 0 Å². The van der Waals surface area contributed by atoms with Gasteiger partial charge in [0.2, 0.25) is 0 Å². The van der Waals surface area contributed by atoms with Crippen LogP contribution < -0.4 is 0 Å². The molecule has 0 unspecified atom stereocenters. The number of ether oxygens (including phenoxy) is 1. The Morgan fingerprint density at radius 1 is 1.46 bits per heavy atom. The van der Waals surface area contributed by atoms with E-state index in [0.717, 1.165) is 18.8 Å². The molecule has 0 aliphatic heterocycles. The fourth-order valence-electron chi connectivity index (χ4n) is 1.09. The van der Waals surface area contributed by atoms with Gasteiger partial charge >= 0.3 is 5.97 Å². The largest absolute Gasteiger partial charge is 0.466 e. The van der Waals surface area contributed by atoms with Crippen LogP contribution in [0.1, 0.15) is 40.0 Å². The summed E-state index contributed by atoms with van der Waals surface area (Å²) in [6, 6.07) is 0. The highest BCUT2D eigenvalue weighted by molar-refractivity contribution is 5.87. The number of allylic oxidation sites excluding steroid dienone is 1. The van der Waals surface area contributed by atoms with Crippen LogP contribution in [-0.2, 0) is 9.53 Å². The summed E-state index contributed by atoms with van der Waals surface area (Å²) < 4.78 is 4.58. The van der Waals surface area contributed by atoms with Crippen LogP contribution >= 0.6 is 0 Å². The van der Waals surface area contributed by atoms with Crippen molar-refractivity contribution in [2.24, 2.45) is 5.92 Å². The zero-order valence-electron chi connectivity index (χ0n) is 9.09. The van der Waals surface area contributed by atoms with Gasteiger partial charge in [-0.3, -0.25) is 0 Å². The topological polar surface area (TPSA) is 26.3 Å². The number of unbranched alkanes of at least 4 members (excludes halogenated alkanes) is 1. The highest BCUT2D eigenvalue weighted by Crippen LogP contribution is 2.08. The molecule has 0 radical (unpaired) electrons. The minimum atomic E-state index is -0.218. The molecule has 0 amide bonds. The number of hydrogen-bond acceptors (Lipinski definition) is 2. The van der Waals surface area contributed by atoms with E-state index in [-0.39, 0.29) is 5.97 Å².